The molecule has 2 heterocycles. The highest BCUT2D eigenvalue weighted by Gasteiger charge is 2.46. The van der Waals surface area contributed by atoms with Crippen LogP contribution in [0.3, 0.4) is 0 Å². The van der Waals surface area contributed by atoms with Crippen LogP contribution in [0, 0.1) is 0 Å². The summed E-state index contributed by atoms with van der Waals surface area (Å²) in [7, 11) is 4.62. The van der Waals surface area contributed by atoms with Crippen molar-refractivity contribution in [2.45, 2.75) is 12.6 Å². The van der Waals surface area contributed by atoms with E-state index in [1.165, 1.54) is 19.1 Å². The van der Waals surface area contributed by atoms with Gasteiger partial charge in [-0.15, -0.1) is 0 Å². The van der Waals surface area contributed by atoms with E-state index < -0.39 is 17.7 Å². The topological polar surface area (TPSA) is 104 Å². The maximum absolute atomic E-state index is 13.4. The van der Waals surface area contributed by atoms with Gasteiger partial charge in [0, 0.05) is 12.1 Å². The van der Waals surface area contributed by atoms with Gasteiger partial charge in [0.25, 0.3) is 11.7 Å². The number of fused-ring (bicyclic) bond motifs is 1. The molecular weight excluding hydrogens is 478 g/mol. The maximum atomic E-state index is 13.4. The van der Waals surface area contributed by atoms with Gasteiger partial charge in [-0.05, 0) is 53.6 Å². The molecule has 1 atom stereocenters. The number of benzene rings is 3. The minimum absolute atomic E-state index is 0.0190. The van der Waals surface area contributed by atoms with E-state index in [-0.39, 0.29) is 24.7 Å². The van der Waals surface area contributed by atoms with Crippen LogP contribution in [0.15, 0.2) is 66.2 Å². The first kappa shape index (κ1) is 24.1. The molecule has 0 aliphatic carbocycles. The summed E-state index contributed by atoms with van der Waals surface area (Å²) < 4.78 is 26.8. The molecule has 0 saturated carbocycles. The van der Waals surface area contributed by atoms with Crippen LogP contribution < -0.4 is 23.7 Å². The SMILES string of the molecule is COc1ccc(C2/C(=C(/O)c3ccc4c(c3)OCO4)C(=O)C(=O)N2Cc2ccc(OC)c(OC)c2)cc1. The van der Waals surface area contributed by atoms with Gasteiger partial charge in [0.1, 0.15) is 11.5 Å². The van der Waals surface area contributed by atoms with Gasteiger partial charge in [0.15, 0.2) is 23.0 Å². The molecule has 9 nitrogen and oxygen atoms in total. The molecule has 0 spiro atoms. The van der Waals surface area contributed by atoms with E-state index in [4.69, 9.17) is 23.7 Å². The van der Waals surface area contributed by atoms with Gasteiger partial charge in [0.2, 0.25) is 6.79 Å². The highest BCUT2D eigenvalue weighted by atomic mass is 16.7. The first-order chi connectivity index (χ1) is 17.9. The van der Waals surface area contributed by atoms with Gasteiger partial charge in [0.05, 0.1) is 32.9 Å². The summed E-state index contributed by atoms with van der Waals surface area (Å²) in [6, 6.07) is 16.3. The fourth-order valence-electron chi connectivity index (χ4n) is 4.55. The Bertz CT molecular complexity index is 1400. The number of hydrogen-bond donors (Lipinski definition) is 1. The van der Waals surface area contributed by atoms with Crippen LogP contribution in [0.4, 0.5) is 0 Å². The second kappa shape index (κ2) is 9.77. The molecule has 1 unspecified atom stereocenters. The summed E-state index contributed by atoms with van der Waals surface area (Å²) in [5, 5.41) is 11.3. The van der Waals surface area contributed by atoms with Crippen molar-refractivity contribution in [1.82, 2.24) is 4.90 Å². The Balaban J connectivity index is 1.61. The van der Waals surface area contributed by atoms with E-state index in [2.05, 4.69) is 0 Å². The van der Waals surface area contributed by atoms with Crippen molar-refractivity contribution in [2.75, 3.05) is 28.1 Å². The molecule has 1 saturated heterocycles. The average molecular weight is 504 g/mol. The maximum Gasteiger partial charge on any atom is 0.295 e. The summed E-state index contributed by atoms with van der Waals surface area (Å²) in [4.78, 5) is 28.1. The van der Waals surface area contributed by atoms with Gasteiger partial charge in [-0.2, -0.15) is 0 Å². The number of aliphatic hydroxyl groups is 1. The van der Waals surface area contributed by atoms with Gasteiger partial charge in [-0.1, -0.05) is 18.2 Å². The molecule has 0 bridgehead atoms. The summed E-state index contributed by atoms with van der Waals surface area (Å²) >= 11 is 0. The van der Waals surface area contributed by atoms with E-state index >= 15 is 0 Å². The molecule has 190 valence electrons. The van der Waals surface area contributed by atoms with Gasteiger partial charge in [-0.3, -0.25) is 9.59 Å². The van der Waals surface area contributed by atoms with Crippen molar-refractivity contribution < 1.29 is 38.4 Å². The number of Topliss-reactive ketones (excluding diaryl/α,β-unsaturated/α-hetero) is 1. The largest absolute Gasteiger partial charge is 0.507 e. The lowest BCUT2D eigenvalue weighted by atomic mass is 9.95. The summed E-state index contributed by atoms with van der Waals surface area (Å²) in [6.07, 6.45) is 0. The lowest BCUT2D eigenvalue weighted by molar-refractivity contribution is -0.140. The number of nitrogens with zero attached hydrogens (tertiary/aromatic N) is 1. The predicted octanol–water partition coefficient (Wildman–Crippen LogP) is 4.06. The zero-order valence-electron chi connectivity index (χ0n) is 20.5. The first-order valence-electron chi connectivity index (χ1n) is 11.5. The first-order valence-corrected chi connectivity index (χ1v) is 11.5. The molecule has 2 aliphatic rings. The molecule has 2 aliphatic heterocycles. The quantitative estimate of drug-likeness (QED) is 0.293. The molecule has 3 aromatic rings. The van der Waals surface area contributed by atoms with Crippen LogP contribution >= 0.6 is 0 Å². The van der Waals surface area contributed by atoms with Crippen molar-refractivity contribution in [3.05, 3.63) is 82.9 Å². The molecule has 1 amide bonds. The molecule has 9 heteroatoms. The Hall–Kier alpha value is -4.66. The van der Waals surface area contributed by atoms with Crippen LogP contribution in [-0.2, 0) is 16.1 Å². The molecule has 1 fully saturated rings. The van der Waals surface area contributed by atoms with Crippen LogP contribution in [0.25, 0.3) is 5.76 Å². The lowest BCUT2D eigenvalue weighted by Crippen LogP contribution is -2.29. The monoisotopic (exact) mass is 503 g/mol. The minimum Gasteiger partial charge on any atom is -0.507 e. The van der Waals surface area contributed by atoms with Gasteiger partial charge >= 0.3 is 0 Å². The van der Waals surface area contributed by atoms with Gasteiger partial charge < -0.3 is 33.7 Å². The molecule has 5 rings (SSSR count). The molecule has 3 aromatic carbocycles. The van der Waals surface area contributed by atoms with Crippen LogP contribution in [0.2, 0.25) is 0 Å². The predicted molar refractivity (Wildman–Crippen MR) is 133 cm³/mol. The molecular formula is C28H25NO8. The van der Waals surface area contributed by atoms with E-state index in [0.717, 1.165) is 5.56 Å². The Kier molecular flexibility index (Phi) is 6.35. The Morgan fingerprint density at radius 3 is 2.32 bits per heavy atom. The van der Waals surface area contributed by atoms with Crippen molar-refractivity contribution >= 4 is 17.4 Å². The minimum atomic E-state index is -0.843. The summed E-state index contributed by atoms with van der Waals surface area (Å²) in [6.45, 7) is 0.167. The summed E-state index contributed by atoms with van der Waals surface area (Å²) in [5.74, 6) is 0.848. The molecule has 0 aromatic heterocycles. The van der Waals surface area contributed by atoms with Crippen molar-refractivity contribution in [2.24, 2.45) is 0 Å². The van der Waals surface area contributed by atoms with Crippen LogP contribution in [0.1, 0.15) is 22.7 Å². The van der Waals surface area contributed by atoms with E-state index in [1.54, 1.807) is 67.8 Å². The van der Waals surface area contributed by atoms with E-state index in [0.29, 0.717) is 39.9 Å². The van der Waals surface area contributed by atoms with Crippen LogP contribution in [0.5, 0.6) is 28.7 Å². The van der Waals surface area contributed by atoms with E-state index in [1.807, 2.05) is 0 Å². The number of carbonyl (C=O) groups is 2. The number of rotatable bonds is 7. The number of methoxy groups -OCH3 is 3. The number of amides is 1. The second-order valence-corrected chi connectivity index (χ2v) is 8.46. The number of carbonyl (C=O) groups excluding carboxylic acids is 2. The standard InChI is InChI=1S/C28H25NO8/c1-33-19-8-5-17(6-9-19)25-24(26(30)18-7-11-21-23(13-18)37-15-36-21)27(31)28(32)29(25)14-16-4-10-20(34-2)22(12-16)35-3/h4-13,25,30H,14-15H2,1-3H3/b26-24-. The molecule has 1 N–H and O–H groups in total. The highest BCUT2D eigenvalue weighted by molar-refractivity contribution is 6.46. The fraction of sp³-hybridized carbons (Fsp3) is 0.214. The Morgan fingerprint density at radius 1 is 0.892 bits per heavy atom. The van der Waals surface area contributed by atoms with Crippen LogP contribution in [-0.4, -0.2) is 49.8 Å². The zero-order valence-corrected chi connectivity index (χ0v) is 20.5. The Morgan fingerprint density at radius 2 is 1.62 bits per heavy atom. The smallest absolute Gasteiger partial charge is 0.295 e. The van der Waals surface area contributed by atoms with Gasteiger partial charge in [-0.25, -0.2) is 0 Å². The fourth-order valence-corrected chi connectivity index (χ4v) is 4.55. The average Bonchev–Trinajstić information content (AvgIpc) is 3.50. The number of ketones is 1. The highest BCUT2D eigenvalue weighted by Crippen LogP contribution is 2.42. The van der Waals surface area contributed by atoms with Crippen molar-refractivity contribution in [1.29, 1.82) is 0 Å². The number of aliphatic hydroxyl groups excluding tert-OH is 1. The number of likely N-dealkylation sites (tertiary alicyclic amines) is 1. The Labute approximate surface area is 213 Å². The lowest BCUT2D eigenvalue weighted by Gasteiger charge is -2.26. The van der Waals surface area contributed by atoms with E-state index in [9.17, 15) is 14.7 Å². The number of ether oxygens (including phenoxy) is 5. The van der Waals surface area contributed by atoms with Crippen molar-refractivity contribution in [3.63, 3.8) is 0 Å². The second-order valence-electron chi connectivity index (χ2n) is 8.46. The molecule has 37 heavy (non-hydrogen) atoms. The third-order valence-corrected chi connectivity index (χ3v) is 6.42. The zero-order chi connectivity index (χ0) is 26.1. The van der Waals surface area contributed by atoms with Crippen molar-refractivity contribution in [3.8, 4) is 28.7 Å². The molecule has 0 radical (unpaired) electrons. The summed E-state index contributed by atoms with van der Waals surface area (Å²) in [5.41, 5.74) is 1.69. The number of hydrogen-bond acceptors (Lipinski definition) is 8. The third kappa shape index (κ3) is 4.29. The third-order valence-electron chi connectivity index (χ3n) is 6.42. The normalized spacial score (nSPS) is 17.7.